The molecule has 4 rings (SSSR count). The van der Waals surface area contributed by atoms with Gasteiger partial charge in [0.15, 0.2) is 0 Å². The summed E-state index contributed by atoms with van der Waals surface area (Å²) in [7, 11) is 0. The Labute approximate surface area is 208 Å². The molecule has 3 aromatic carbocycles. The van der Waals surface area contributed by atoms with Crippen molar-refractivity contribution in [3.8, 4) is 11.5 Å². The fourth-order valence-electron chi connectivity index (χ4n) is 3.63. The van der Waals surface area contributed by atoms with Gasteiger partial charge < -0.3 is 20.5 Å². The third kappa shape index (κ3) is 6.28. The molecule has 0 fully saturated rings. The molecule has 35 heavy (non-hydrogen) atoms. The van der Waals surface area contributed by atoms with Crippen LogP contribution in [0.1, 0.15) is 36.7 Å². The second kappa shape index (κ2) is 11.4. The summed E-state index contributed by atoms with van der Waals surface area (Å²) in [6.07, 6.45) is 0.655. The first kappa shape index (κ1) is 24.0. The molecular weight excluding hydrogens is 460 g/mol. The van der Waals surface area contributed by atoms with Crippen LogP contribution in [0.5, 0.6) is 11.5 Å². The second-order valence-corrected chi connectivity index (χ2v) is 8.98. The highest BCUT2D eigenvalue weighted by molar-refractivity contribution is 7.17. The highest BCUT2D eigenvalue weighted by Gasteiger charge is 2.21. The van der Waals surface area contributed by atoms with E-state index < -0.39 is 5.91 Å². The Morgan fingerprint density at radius 3 is 2.17 bits per heavy atom. The molecule has 1 heterocycles. The van der Waals surface area contributed by atoms with E-state index in [4.69, 9.17) is 15.2 Å². The number of nitrogens with two attached hydrogens (primary N) is 1. The zero-order valence-electron chi connectivity index (χ0n) is 19.3. The van der Waals surface area contributed by atoms with Crippen molar-refractivity contribution in [3.63, 3.8) is 0 Å². The fourth-order valence-corrected chi connectivity index (χ4v) is 4.87. The SMILES string of the molecule is Cc1c(Cc2ccccc2)sc(NC(=O)c2cccc(OCCOc3ccccc3)c2)c1C(N)=O. The topological polar surface area (TPSA) is 90.7 Å². The van der Waals surface area contributed by atoms with E-state index in [-0.39, 0.29) is 5.91 Å². The van der Waals surface area contributed by atoms with Crippen LogP contribution in [0.2, 0.25) is 0 Å². The number of ether oxygens (including phenoxy) is 2. The smallest absolute Gasteiger partial charge is 0.256 e. The van der Waals surface area contributed by atoms with E-state index in [1.165, 1.54) is 11.3 Å². The van der Waals surface area contributed by atoms with Crippen LogP contribution in [-0.4, -0.2) is 25.0 Å². The van der Waals surface area contributed by atoms with Crippen LogP contribution in [0.3, 0.4) is 0 Å². The number of hydrogen-bond acceptors (Lipinski definition) is 5. The number of nitrogens with one attached hydrogen (secondary N) is 1. The van der Waals surface area contributed by atoms with Crippen molar-refractivity contribution in [1.29, 1.82) is 0 Å². The van der Waals surface area contributed by atoms with Crippen molar-refractivity contribution < 1.29 is 19.1 Å². The highest BCUT2D eigenvalue weighted by Crippen LogP contribution is 2.34. The summed E-state index contributed by atoms with van der Waals surface area (Å²) in [4.78, 5) is 26.2. The van der Waals surface area contributed by atoms with Crippen molar-refractivity contribution in [2.24, 2.45) is 5.73 Å². The maximum absolute atomic E-state index is 13.0. The summed E-state index contributed by atoms with van der Waals surface area (Å²) < 4.78 is 11.4. The Hall–Kier alpha value is -4.10. The Morgan fingerprint density at radius 1 is 0.857 bits per heavy atom. The van der Waals surface area contributed by atoms with Crippen molar-refractivity contribution in [2.45, 2.75) is 13.3 Å². The van der Waals surface area contributed by atoms with Gasteiger partial charge in [-0.15, -0.1) is 11.3 Å². The van der Waals surface area contributed by atoms with Crippen molar-refractivity contribution in [3.05, 3.63) is 112 Å². The van der Waals surface area contributed by atoms with Crippen LogP contribution in [0, 0.1) is 6.92 Å². The summed E-state index contributed by atoms with van der Waals surface area (Å²) in [5.41, 5.74) is 8.32. The normalized spacial score (nSPS) is 10.5. The van der Waals surface area contributed by atoms with Gasteiger partial charge in [-0.1, -0.05) is 54.6 Å². The van der Waals surface area contributed by atoms with E-state index >= 15 is 0 Å². The molecule has 0 saturated heterocycles. The van der Waals surface area contributed by atoms with Crippen LogP contribution < -0.4 is 20.5 Å². The number of anilines is 1. The molecular formula is C28H26N2O4S. The van der Waals surface area contributed by atoms with Crippen LogP contribution in [0.4, 0.5) is 5.00 Å². The molecule has 4 aromatic rings. The molecule has 0 aliphatic heterocycles. The van der Waals surface area contributed by atoms with Gasteiger partial charge in [-0.25, -0.2) is 0 Å². The Bertz CT molecular complexity index is 1300. The lowest BCUT2D eigenvalue weighted by atomic mass is 10.1. The number of benzene rings is 3. The minimum Gasteiger partial charge on any atom is -0.490 e. The average molecular weight is 487 g/mol. The van der Waals surface area contributed by atoms with Crippen molar-refractivity contribution in [1.82, 2.24) is 0 Å². The fraction of sp³-hybridized carbons (Fsp3) is 0.143. The molecule has 0 radical (unpaired) electrons. The second-order valence-electron chi connectivity index (χ2n) is 7.87. The van der Waals surface area contributed by atoms with E-state index in [1.807, 2.05) is 67.6 Å². The predicted molar refractivity (Wildman–Crippen MR) is 139 cm³/mol. The summed E-state index contributed by atoms with van der Waals surface area (Å²) in [6, 6.07) is 26.3. The Morgan fingerprint density at radius 2 is 1.49 bits per heavy atom. The van der Waals surface area contributed by atoms with Gasteiger partial charge in [-0.3, -0.25) is 9.59 Å². The Kier molecular flexibility index (Phi) is 7.80. The molecule has 3 N–H and O–H groups in total. The quantitative estimate of drug-likeness (QED) is 0.291. The summed E-state index contributed by atoms with van der Waals surface area (Å²) in [5.74, 6) is 0.416. The van der Waals surface area contributed by atoms with Crippen LogP contribution in [0.25, 0.3) is 0 Å². The van der Waals surface area contributed by atoms with E-state index in [1.54, 1.807) is 24.3 Å². The van der Waals surface area contributed by atoms with Gasteiger partial charge in [0.05, 0.1) is 5.56 Å². The third-order valence-corrected chi connectivity index (χ3v) is 6.59. The molecule has 2 amide bonds. The third-order valence-electron chi connectivity index (χ3n) is 5.39. The van der Waals surface area contributed by atoms with Crippen molar-refractivity contribution >= 4 is 28.2 Å². The lowest BCUT2D eigenvalue weighted by Gasteiger charge is -2.10. The van der Waals surface area contributed by atoms with E-state index in [2.05, 4.69) is 5.32 Å². The lowest BCUT2D eigenvalue weighted by molar-refractivity contribution is 0.100. The standard InChI is InChI=1S/C28H26N2O4S/c1-19-24(17-20-9-4-2-5-10-20)35-28(25(19)26(29)31)30-27(32)21-11-8-14-23(18-21)34-16-15-33-22-12-6-3-7-13-22/h2-14,18H,15-17H2,1H3,(H2,29,31)(H,30,32). The minimum atomic E-state index is -0.566. The minimum absolute atomic E-state index is 0.332. The van der Waals surface area contributed by atoms with Gasteiger partial charge >= 0.3 is 0 Å². The van der Waals surface area contributed by atoms with Crippen LogP contribution >= 0.6 is 11.3 Å². The average Bonchev–Trinajstić information content (AvgIpc) is 3.17. The van der Waals surface area contributed by atoms with Gasteiger partial charge in [0, 0.05) is 16.9 Å². The monoisotopic (exact) mass is 486 g/mol. The zero-order chi connectivity index (χ0) is 24.6. The zero-order valence-corrected chi connectivity index (χ0v) is 20.1. The number of thiophene rings is 1. The van der Waals surface area contributed by atoms with Gasteiger partial charge in [0.1, 0.15) is 29.7 Å². The first-order valence-corrected chi connectivity index (χ1v) is 12.0. The number of carbonyl (C=O) groups is 2. The lowest BCUT2D eigenvalue weighted by Crippen LogP contribution is -2.17. The first-order chi connectivity index (χ1) is 17.0. The molecule has 7 heteroatoms. The number of rotatable bonds is 10. The molecule has 0 aliphatic carbocycles. The summed E-state index contributed by atoms with van der Waals surface area (Å²) in [5, 5.41) is 3.32. The number of amides is 2. The molecule has 0 atom stereocenters. The number of primary amides is 1. The molecule has 0 bridgehead atoms. The first-order valence-electron chi connectivity index (χ1n) is 11.2. The number of para-hydroxylation sites is 1. The van der Waals surface area contributed by atoms with E-state index in [9.17, 15) is 9.59 Å². The Balaban J connectivity index is 1.42. The molecule has 0 saturated carbocycles. The largest absolute Gasteiger partial charge is 0.490 e. The summed E-state index contributed by atoms with van der Waals surface area (Å²) in [6.45, 7) is 2.57. The molecule has 178 valence electrons. The summed E-state index contributed by atoms with van der Waals surface area (Å²) >= 11 is 1.37. The van der Waals surface area contributed by atoms with Gasteiger partial charge in [-0.05, 0) is 48.4 Å². The maximum Gasteiger partial charge on any atom is 0.256 e. The highest BCUT2D eigenvalue weighted by atomic mass is 32.1. The number of hydrogen-bond donors (Lipinski definition) is 2. The van der Waals surface area contributed by atoms with E-state index in [0.717, 1.165) is 21.8 Å². The maximum atomic E-state index is 13.0. The van der Waals surface area contributed by atoms with E-state index in [0.29, 0.717) is 41.5 Å². The molecule has 1 aromatic heterocycles. The number of carbonyl (C=O) groups excluding carboxylic acids is 2. The van der Waals surface area contributed by atoms with Gasteiger partial charge in [0.2, 0.25) is 0 Å². The van der Waals surface area contributed by atoms with Crippen molar-refractivity contribution in [2.75, 3.05) is 18.5 Å². The van der Waals surface area contributed by atoms with Crippen LogP contribution in [0.15, 0.2) is 84.9 Å². The molecule has 0 unspecified atom stereocenters. The molecule has 0 aliphatic rings. The van der Waals surface area contributed by atoms with Crippen LogP contribution in [-0.2, 0) is 6.42 Å². The predicted octanol–water partition coefficient (Wildman–Crippen LogP) is 5.46. The molecule has 0 spiro atoms. The van der Waals surface area contributed by atoms with Gasteiger partial charge in [-0.2, -0.15) is 0 Å². The van der Waals surface area contributed by atoms with Gasteiger partial charge in [0.25, 0.3) is 11.8 Å². The molecule has 6 nitrogen and oxygen atoms in total.